The van der Waals surface area contributed by atoms with Crippen LogP contribution in [0, 0.1) is 5.41 Å². The van der Waals surface area contributed by atoms with Crippen LogP contribution in [0.5, 0.6) is 11.5 Å². The van der Waals surface area contributed by atoms with Crippen LogP contribution in [-0.4, -0.2) is 51.4 Å². The molecule has 1 aromatic rings. The number of esters is 2. The van der Waals surface area contributed by atoms with Crippen molar-refractivity contribution in [3.05, 3.63) is 23.8 Å². The Morgan fingerprint density at radius 1 is 1.07 bits per heavy atom. The number of ether oxygens (including phenoxy) is 4. The van der Waals surface area contributed by atoms with Crippen LogP contribution in [-0.2, 0) is 28.9 Å². The zero-order chi connectivity index (χ0) is 19.8. The minimum atomic E-state index is -3.74. The fraction of sp³-hybridized carbons (Fsp3) is 0.556. The second kappa shape index (κ2) is 7.03. The highest BCUT2D eigenvalue weighted by atomic mass is 32.2. The van der Waals surface area contributed by atoms with E-state index < -0.39 is 38.4 Å². The molecule has 1 heterocycles. The summed E-state index contributed by atoms with van der Waals surface area (Å²) < 4.78 is 46.3. The van der Waals surface area contributed by atoms with Gasteiger partial charge in [-0.05, 0) is 31.5 Å². The number of fused-ring (bicyclic) bond motifs is 1. The summed E-state index contributed by atoms with van der Waals surface area (Å²) in [6, 6.07) is 4.87. The van der Waals surface area contributed by atoms with Crippen molar-refractivity contribution in [3.63, 3.8) is 0 Å². The molecular weight excluding hydrogens is 376 g/mol. The third kappa shape index (κ3) is 2.93. The lowest BCUT2D eigenvalue weighted by Gasteiger charge is -2.15. The predicted octanol–water partition coefficient (Wildman–Crippen LogP) is 1.43. The Balaban J connectivity index is 2.13. The maximum atomic E-state index is 12.8. The first-order chi connectivity index (χ1) is 12.8. The van der Waals surface area contributed by atoms with E-state index in [-0.39, 0.29) is 25.8 Å². The van der Waals surface area contributed by atoms with Crippen LogP contribution < -0.4 is 9.47 Å². The van der Waals surface area contributed by atoms with E-state index in [0.717, 1.165) is 0 Å². The minimum absolute atomic E-state index is 0.0206. The van der Waals surface area contributed by atoms with Gasteiger partial charge in [-0.1, -0.05) is 13.0 Å². The SMILES string of the molecule is CCOC(=O)C1(C(=O)OCC)C(c2ccc3c(c2)OCO3)C1S(=O)(=O)CC. The topological polar surface area (TPSA) is 105 Å². The first-order valence-electron chi connectivity index (χ1n) is 8.80. The summed E-state index contributed by atoms with van der Waals surface area (Å²) in [5, 5.41) is -1.24. The van der Waals surface area contributed by atoms with Gasteiger partial charge in [0, 0.05) is 11.7 Å². The Bertz CT molecular complexity index is 842. The molecule has 2 aliphatic rings. The molecular formula is C18H22O8S. The second-order valence-corrected chi connectivity index (χ2v) is 8.68. The van der Waals surface area contributed by atoms with Crippen molar-refractivity contribution in [1.29, 1.82) is 0 Å². The van der Waals surface area contributed by atoms with Crippen molar-refractivity contribution in [2.24, 2.45) is 5.41 Å². The fourth-order valence-electron chi connectivity index (χ4n) is 3.64. The van der Waals surface area contributed by atoms with Gasteiger partial charge in [-0.3, -0.25) is 9.59 Å². The monoisotopic (exact) mass is 398 g/mol. The molecule has 8 nitrogen and oxygen atoms in total. The van der Waals surface area contributed by atoms with Crippen LogP contribution in [0.25, 0.3) is 0 Å². The summed E-state index contributed by atoms with van der Waals surface area (Å²) in [4.78, 5) is 25.6. The number of benzene rings is 1. The van der Waals surface area contributed by atoms with Crippen LogP contribution in [0.1, 0.15) is 32.3 Å². The molecule has 0 amide bonds. The molecule has 0 spiro atoms. The van der Waals surface area contributed by atoms with Gasteiger partial charge in [0.2, 0.25) is 6.79 Å². The molecule has 0 radical (unpaired) electrons. The minimum Gasteiger partial charge on any atom is -0.465 e. The molecule has 9 heteroatoms. The average molecular weight is 398 g/mol. The molecule has 148 valence electrons. The Hall–Kier alpha value is -2.29. The maximum absolute atomic E-state index is 12.8. The van der Waals surface area contributed by atoms with Crippen molar-refractivity contribution < 1.29 is 37.0 Å². The van der Waals surface area contributed by atoms with E-state index >= 15 is 0 Å². The van der Waals surface area contributed by atoms with Gasteiger partial charge < -0.3 is 18.9 Å². The van der Waals surface area contributed by atoms with Gasteiger partial charge in [0.05, 0.1) is 18.5 Å². The molecule has 2 atom stereocenters. The number of carbonyl (C=O) groups excluding carboxylic acids is 2. The normalized spacial score (nSPS) is 22.2. The lowest BCUT2D eigenvalue weighted by Crippen LogP contribution is -2.36. The van der Waals surface area contributed by atoms with E-state index in [9.17, 15) is 18.0 Å². The number of sulfone groups is 1. The van der Waals surface area contributed by atoms with Gasteiger partial charge in [0.15, 0.2) is 26.8 Å². The molecule has 27 heavy (non-hydrogen) atoms. The molecule has 1 aromatic carbocycles. The smallest absolute Gasteiger partial charge is 0.325 e. The molecule has 2 unspecified atom stereocenters. The summed E-state index contributed by atoms with van der Waals surface area (Å²) in [7, 11) is -3.74. The predicted molar refractivity (Wildman–Crippen MR) is 94.3 cm³/mol. The van der Waals surface area contributed by atoms with Crippen molar-refractivity contribution in [2.45, 2.75) is 31.9 Å². The van der Waals surface area contributed by atoms with Gasteiger partial charge in [0.1, 0.15) is 0 Å². The molecule has 0 saturated heterocycles. The van der Waals surface area contributed by atoms with Crippen molar-refractivity contribution in [3.8, 4) is 11.5 Å². The lowest BCUT2D eigenvalue weighted by molar-refractivity contribution is -0.164. The summed E-state index contributed by atoms with van der Waals surface area (Å²) >= 11 is 0. The van der Waals surface area contributed by atoms with Crippen LogP contribution in [0.4, 0.5) is 0 Å². The number of rotatable bonds is 7. The molecule has 0 aromatic heterocycles. The molecule has 0 bridgehead atoms. The molecule has 1 saturated carbocycles. The van der Waals surface area contributed by atoms with Crippen LogP contribution in [0.15, 0.2) is 18.2 Å². The lowest BCUT2D eigenvalue weighted by atomic mass is 9.98. The summed E-state index contributed by atoms with van der Waals surface area (Å²) in [6.07, 6.45) is 0. The van der Waals surface area contributed by atoms with E-state index in [1.165, 1.54) is 6.92 Å². The summed E-state index contributed by atoms with van der Waals surface area (Å²) in [6.45, 7) is 4.77. The Kier molecular flexibility index (Phi) is 5.07. The van der Waals surface area contributed by atoms with E-state index in [1.54, 1.807) is 32.0 Å². The van der Waals surface area contributed by atoms with Gasteiger partial charge in [-0.2, -0.15) is 0 Å². The van der Waals surface area contributed by atoms with Crippen molar-refractivity contribution >= 4 is 21.8 Å². The highest BCUT2D eigenvalue weighted by Crippen LogP contribution is 2.65. The van der Waals surface area contributed by atoms with E-state index in [1.807, 2.05) is 0 Å². The van der Waals surface area contributed by atoms with Crippen LogP contribution >= 0.6 is 0 Å². The molecule has 1 fully saturated rings. The summed E-state index contributed by atoms with van der Waals surface area (Å²) in [5.74, 6) is -1.92. The Morgan fingerprint density at radius 3 is 2.22 bits per heavy atom. The standard InChI is InChI=1S/C18H22O8S/c1-4-23-16(19)18(17(20)24-5-2)14(15(18)27(21,22)6-3)11-7-8-12-13(9-11)26-10-25-12/h7-9,14-15H,4-6,10H2,1-3H3. The largest absolute Gasteiger partial charge is 0.465 e. The van der Waals surface area contributed by atoms with E-state index in [4.69, 9.17) is 18.9 Å². The van der Waals surface area contributed by atoms with E-state index in [2.05, 4.69) is 0 Å². The highest BCUT2D eigenvalue weighted by Gasteiger charge is 2.81. The quantitative estimate of drug-likeness (QED) is 0.502. The Morgan fingerprint density at radius 2 is 1.67 bits per heavy atom. The fourth-order valence-corrected chi connectivity index (χ4v) is 5.61. The van der Waals surface area contributed by atoms with Crippen LogP contribution in [0.2, 0.25) is 0 Å². The van der Waals surface area contributed by atoms with Gasteiger partial charge >= 0.3 is 11.9 Å². The highest BCUT2D eigenvalue weighted by molar-refractivity contribution is 7.92. The third-order valence-corrected chi connectivity index (χ3v) is 7.13. The van der Waals surface area contributed by atoms with Crippen molar-refractivity contribution in [1.82, 2.24) is 0 Å². The summed E-state index contributed by atoms with van der Waals surface area (Å²) in [5.41, 5.74) is -1.42. The second-order valence-electron chi connectivity index (χ2n) is 6.27. The average Bonchev–Trinajstić information content (AvgIpc) is 3.17. The molecule has 1 aliphatic carbocycles. The number of hydrogen-bond acceptors (Lipinski definition) is 8. The van der Waals surface area contributed by atoms with Gasteiger partial charge in [0.25, 0.3) is 0 Å². The number of hydrogen-bond donors (Lipinski definition) is 0. The van der Waals surface area contributed by atoms with Crippen molar-refractivity contribution in [2.75, 3.05) is 25.8 Å². The van der Waals surface area contributed by atoms with Gasteiger partial charge in [-0.25, -0.2) is 8.42 Å². The Labute approximate surface area is 157 Å². The first-order valence-corrected chi connectivity index (χ1v) is 10.5. The molecule has 0 N–H and O–H groups in total. The number of carbonyl (C=O) groups is 2. The molecule has 3 rings (SSSR count). The zero-order valence-corrected chi connectivity index (χ0v) is 16.2. The zero-order valence-electron chi connectivity index (χ0n) is 15.4. The maximum Gasteiger partial charge on any atom is 0.325 e. The first kappa shape index (κ1) is 19.5. The third-order valence-electron chi connectivity index (χ3n) is 4.90. The van der Waals surface area contributed by atoms with Gasteiger partial charge in [-0.15, -0.1) is 0 Å². The van der Waals surface area contributed by atoms with E-state index in [0.29, 0.717) is 17.1 Å². The van der Waals surface area contributed by atoms with Crippen LogP contribution in [0.3, 0.4) is 0 Å². The molecule has 1 aliphatic heterocycles.